The highest BCUT2D eigenvalue weighted by molar-refractivity contribution is 7.98. The molecule has 0 saturated heterocycles. The molecule has 0 atom stereocenters. The van der Waals surface area contributed by atoms with Gasteiger partial charge in [-0.15, -0.1) is 11.8 Å². The Hall–Kier alpha value is -2.38. The zero-order valence-electron chi connectivity index (χ0n) is 15.5. The number of amides is 2. The molecule has 0 radical (unpaired) electrons. The number of nitrogens with zero attached hydrogens (tertiary/aromatic N) is 2. The molecule has 2 aromatic carbocycles. The Morgan fingerprint density at radius 3 is 2.26 bits per heavy atom. The predicted octanol–water partition coefficient (Wildman–Crippen LogP) is 2.89. The number of primary amides is 1. The van der Waals surface area contributed by atoms with E-state index in [1.807, 2.05) is 42.5 Å². The number of anilines is 1. The van der Waals surface area contributed by atoms with E-state index < -0.39 is 5.91 Å². The molecular weight excluding hydrogens is 365 g/mol. The van der Waals surface area contributed by atoms with E-state index in [4.69, 9.17) is 5.73 Å². The monoisotopic (exact) mass is 389 g/mol. The summed E-state index contributed by atoms with van der Waals surface area (Å²) in [6.07, 6.45) is 2.07. The third kappa shape index (κ3) is 6.69. The van der Waals surface area contributed by atoms with Gasteiger partial charge in [-0.1, -0.05) is 12.1 Å². The molecule has 5 nitrogen and oxygen atoms in total. The molecule has 0 saturated carbocycles. The summed E-state index contributed by atoms with van der Waals surface area (Å²) < 4.78 is 13.2. The van der Waals surface area contributed by atoms with Gasteiger partial charge in [-0.2, -0.15) is 0 Å². The number of hydrogen-bond donors (Lipinski definition) is 1. The third-order valence-electron chi connectivity index (χ3n) is 4.04. The summed E-state index contributed by atoms with van der Waals surface area (Å²) in [6, 6.07) is 13.8. The smallest absolute Gasteiger partial charge is 0.241 e. The number of benzene rings is 2. The van der Waals surface area contributed by atoms with E-state index in [1.165, 1.54) is 34.1 Å². The van der Waals surface area contributed by atoms with Crippen LogP contribution >= 0.6 is 11.8 Å². The number of nitrogens with two attached hydrogens (primary N) is 1. The molecule has 0 spiro atoms. The topological polar surface area (TPSA) is 66.6 Å². The molecule has 2 amide bonds. The summed E-state index contributed by atoms with van der Waals surface area (Å²) in [5.41, 5.74) is 6.87. The molecule has 0 aliphatic rings. The minimum atomic E-state index is -0.489. The van der Waals surface area contributed by atoms with Crippen LogP contribution in [0.15, 0.2) is 53.4 Å². The zero-order valence-corrected chi connectivity index (χ0v) is 16.3. The summed E-state index contributed by atoms with van der Waals surface area (Å²) in [5.74, 6) is -1.05. The summed E-state index contributed by atoms with van der Waals surface area (Å²) >= 11 is 1.68. The van der Waals surface area contributed by atoms with Crippen molar-refractivity contribution in [2.45, 2.75) is 17.9 Å². The maximum absolute atomic E-state index is 13.2. The maximum atomic E-state index is 13.2. The van der Waals surface area contributed by atoms with Crippen LogP contribution in [0.1, 0.15) is 12.0 Å². The third-order valence-corrected chi connectivity index (χ3v) is 4.78. The lowest BCUT2D eigenvalue weighted by atomic mass is 10.2. The predicted molar refractivity (Wildman–Crippen MR) is 107 cm³/mol. The van der Waals surface area contributed by atoms with Crippen LogP contribution in [-0.2, 0) is 16.1 Å². The van der Waals surface area contributed by atoms with Gasteiger partial charge in [0.15, 0.2) is 0 Å². The van der Waals surface area contributed by atoms with E-state index in [0.717, 1.165) is 5.56 Å². The number of likely N-dealkylation sites (N-methyl/N-ethyl adjacent to an activating group) is 1. The second-order valence-corrected chi connectivity index (χ2v) is 7.14. The molecule has 0 heterocycles. The highest BCUT2D eigenvalue weighted by Crippen LogP contribution is 2.17. The number of rotatable bonds is 9. The SMILES string of the molecule is CSc1ccc(CN(C)CC(=O)N(CCC(N)=O)c2ccc(F)cc2)cc1. The fourth-order valence-electron chi connectivity index (χ4n) is 2.66. The summed E-state index contributed by atoms with van der Waals surface area (Å²) in [6.45, 7) is 0.948. The van der Waals surface area contributed by atoms with E-state index in [1.54, 1.807) is 11.8 Å². The summed E-state index contributed by atoms with van der Waals surface area (Å²) in [7, 11) is 1.86. The van der Waals surface area contributed by atoms with Crippen LogP contribution in [0.5, 0.6) is 0 Å². The first-order valence-electron chi connectivity index (χ1n) is 8.54. The Kier molecular flexibility index (Phi) is 7.82. The van der Waals surface area contributed by atoms with E-state index in [9.17, 15) is 14.0 Å². The molecule has 0 fully saturated rings. The van der Waals surface area contributed by atoms with Gasteiger partial charge in [0.25, 0.3) is 0 Å². The minimum Gasteiger partial charge on any atom is -0.370 e. The quantitative estimate of drug-likeness (QED) is 0.670. The molecule has 0 aromatic heterocycles. The van der Waals surface area contributed by atoms with Gasteiger partial charge in [0, 0.05) is 30.1 Å². The number of thioether (sulfide) groups is 1. The van der Waals surface area contributed by atoms with E-state index >= 15 is 0 Å². The van der Waals surface area contributed by atoms with Gasteiger partial charge >= 0.3 is 0 Å². The van der Waals surface area contributed by atoms with E-state index in [2.05, 4.69) is 0 Å². The van der Waals surface area contributed by atoms with E-state index in [0.29, 0.717) is 12.2 Å². The van der Waals surface area contributed by atoms with Crippen molar-refractivity contribution < 1.29 is 14.0 Å². The van der Waals surface area contributed by atoms with Gasteiger partial charge in [-0.25, -0.2) is 4.39 Å². The zero-order chi connectivity index (χ0) is 19.8. The molecule has 2 N–H and O–H groups in total. The number of carbonyl (C=O) groups is 2. The van der Waals surface area contributed by atoms with E-state index in [-0.39, 0.29) is 31.2 Å². The normalized spacial score (nSPS) is 10.8. The lowest BCUT2D eigenvalue weighted by Crippen LogP contribution is -2.40. The van der Waals surface area contributed by atoms with Crippen molar-refractivity contribution in [3.8, 4) is 0 Å². The molecule has 0 aliphatic carbocycles. The Bertz CT molecular complexity index is 766. The summed E-state index contributed by atoms with van der Waals surface area (Å²) in [4.78, 5) is 28.5. The van der Waals surface area contributed by atoms with Gasteiger partial charge in [0.05, 0.1) is 6.54 Å². The van der Waals surface area contributed by atoms with Crippen molar-refractivity contribution >= 4 is 29.3 Å². The Morgan fingerprint density at radius 2 is 1.70 bits per heavy atom. The Morgan fingerprint density at radius 1 is 1.07 bits per heavy atom. The minimum absolute atomic E-state index is 0.0446. The van der Waals surface area contributed by atoms with Crippen LogP contribution in [0.3, 0.4) is 0 Å². The van der Waals surface area contributed by atoms with Crippen LogP contribution in [0.25, 0.3) is 0 Å². The molecule has 0 unspecified atom stereocenters. The average Bonchev–Trinajstić information content (AvgIpc) is 2.63. The first kappa shape index (κ1) is 20.9. The lowest BCUT2D eigenvalue weighted by Gasteiger charge is -2.25. The standard InChI is InChI=1S/C20H24FN3O2S/c1-23(13-15-3-9-18(27-2)10-4-15)14-20(26)24(12-11-19(22)25)17-7-5-16(21)6-8-17/h3-10H,11-14H2,1-2H3,(H2,22,25). The average molecular weight is 389 g/mol. The second-order valence-electron chi connectivity index (χ2n) is 6.26. The number of carbonyl (C=O) groups excluding carboxylic acids is 2. The fraction of sp³-hybridized carbons (Fsp3) is 0.300. The van der Waals surface area contributed by atoms with Crippen molar-refractivity contribution in [2.75, 3.05) is 31.3 Å². The molecule has 2 rings (SSSR count). The van der Waals surface area contributed by atoms with Crippen molar-refractivity contribution in [3.63, 3.8) is 0 Å². The first-order valence-corrected chi connectivity index (χ1v) is 9.77. The van der Waals surface area contributed by atoms with Crippen molar-refractivity contribution in [3.05, 3.63) is 59.9 Å². The largest absolute Gasteiger partial charge is 0.370 e. The summed E-state index contributed by atoms with van der Waals surface area (Å²) in [5, 5.41) is 0. The fourth-order valence-corrected chi connectivity index (χ4v) is 3.06. The molecule has 27 heavy (non-hydrogen) atoms. The van der Waals surface area contributed by atoms with Gasteiger partial charge < -0.3 is 10.6 Å². The molecule has 7 heteroatoms. The van der Waals surface area contributed by atoms with Crippen molar-refractivity contribution in [1.29, 1.82) is 0 Å². The van der Waals surface area contributed by atoms with Gasteiger partial charge in [-0.05, 0) is 55.3 Å². The maximum Gasteiger partial charge on any atom is 0.241 e. The Labute approximate surface area is 163 Å². The van der Waals surface area contributed by atoms with Crippen molar-refractivity contribution in [2.24, 2.45) is 5.73 Å². The molecular formula is C20H24FN3O2S. The number of hydrogen-bond acceptors (Lipinski definition) is 4. The first-order chi connectivity index (χ1) is 12.9. The van der Waals surface area contributed by atoms with Crippen LogP contribution in [0, 0.1) is 5.82 Å². The van der Waals surface area contributed by atoms with Gasteiger partial charge in [-0.3, -0.25) is 14.5 Å². The van der Waals surface area contributed by atoms with Crippen LogP contribution in [-0.4, -0.2) is 43.1 Å². The highest BCUT2D eigenvalue weighted by Gasteiger charge is 2.18. The Balaban J connectivity index is 2.04. The molecule has 0 bridgehead atoms. The van der Waals surface area contributed by atoms with Crippen LogP contribution < -0.4 is 10.6 Å². The van der Waals surface area contributed by atoms with Gasteiger partial charge in [0.2, 0.25) is 11.8 Å². The molecule has 0 aliphatic heterocycles. The number of halogens is 1. The molecule has 144 valence electrons. The van der Waals surface area contributed by atoms with Gasteiger partial charge in [0.1, 0.15) is 5.82 Å². The highest BCUT2D eigenvalue weighted by atomic mass is 32.2. The van der Waals surface area contributed by atoms with Crippen LogP contribution in [0.4, 0.5) is 10.1 Å². The van der Waals surface area contributed by atoms with Crippen molar-refractivity contribution in [1.82, 2.24) is 4.90 Å². The van der Waals surface area contributed by atoms with Crippen LogP contribution in [0.2, 0.25) is 0 Å². The second kappa shape index (κ2) is 10.1. The lowest BCUT2D eigenvalue weighted by molar-refractivity contribution is -0.119. The molecule has 2 aromatic rings.